The molecular weight excluding hydrogens is 186 g/mol. The van der Waals surface area contributed by atoms with E-state index in [1.54, 1.807) is 12.0 Å². The van der Waals surface area contributed by atoms with Crippen molar-refractivity contribution >= 4 is 5.91 Å². The van der Waals surface area contributed by atoms with Gasteiger partial charge in [0.15, 0.2) is 0 Å². The first kappa shape index (κ1) is 11.4. The van der Waals surface area contributed by atoms with Gasteiger partial charge in [0.25, 0.3) is 0 Å². The third-order valence-corrected chi connectivity index (χ3v) is 2.28. The molecular formula is C9H17NO4. The van der Waals surface area contributed by atoms with Crippen LogP contribution in [-0.4, -0.2) is 62.0 Å². The second kappa shape index (κ2) is 5.95. The van der Waals surface area contributed by atoms with Crippen LogP contribution in [0.15, 0.2) is 0 Å². The summed E-state index contributed by atoms with van der Waals surface area (Å²) >= 11 is 0. The lowest BCUT2D eigenvalue weighted by molar-refractivity contribution is -0.142. The van der Waals surface area contributed by atoms with E-state index < -0.39 is 0 Å². The number of aliphatic hydroxyl groups excluding tert-OH is 1. The Morgan fingerprint density at radius 2 is 2.50 bits per heavy atom. The Hall–Kier alpha value is -0.650. The van der Waals surface area contributed by atoms with Crippen molar-refractivity contribution in [3.8, 4) is 0 Å². The van der Waals surface area contributed by atoms with Gasteiger partial charge >= 0.3 is 0 Å². The standard InChI is InChI=1S/C9H17NO4/c1-13-4-2-9(12)10-3-5-14-7-8(10)6-11/h8,11H,2-7H2,1H3. The first-order valence-electron chi connectivity index (χ1n) is 4.76. The SMILES string of the molecule is COCCC(=O)N1CCOCC1CO. The van der Waals surface area contributed by atoms with E-state index in [1.165, 1.54) is 0 Å². The van der Waals surface area contributed by atoms with E-state index in [1.807, 2.05) is 0 Å². The van der Waals surface area contributed by atoms with Crippen LogP contribution in [0.1, 0.15) is 6.42 Å². The van der Waals surface area contributed by atoms with Gasteiger partial charge in [-0.05, 0) is 0 Å². The van der Waals surface area contributed by atoms with E-state index >= 15 is 0 Å². The molecule has 0 radical (unpaired) electrons. The largest absolute Gasteiger partial charge is 0.394 e. The minimum atomic E-state index is -0.187. The van der Waals surface area contributed by atoms with Gasteiger partial charge in [-0.3, -0.25) is 4.79 Å². The Labute approximate surface area is 83.6 Å². The van der Waals surface area contributed by atoms with Crippen LogP contribution in [0.4, 0.5) is 0 Å². The first-order chi connectivity index (χ1) is 6.79. The van der Waals surface area contributed by atoms with Crippen molar-refractivity contribution in [2.75, 3.05) is 40.1 Å². The first-order valence-corrected chi connectivity index (χ1v) is 4.76. The number of hydrogen-bond donors (Lipinski definition) is 1. The summed E-state index contributed by atoms with van der Waals surface area (Å²) in [4.78, 5) is 13.3. The Kier molecular flexibility index (Phi) is 4.86. The molecule has 5 nitrogen and oxygen atoms in total. The summed E-state index contributed by atoms with van der Waals surface area (Å²) in [5.41, 5.74) is 0. The van der Waals surface area contributed by atoms with Gasteiger partial charge in [-0.15, -0.1) is 0 Å². The predicted molar refractivity (Wildman–Crippen MR) is 49.9 cm³/mol. The molecule has 0 aromatic carbocycles. The quantitative estimate of drug-likeness (QED) is 0.652. The molecule has 0 spiro atoms. The molecule has 5 heteroatoms. The van der Waals surface area contributed by atoms with E-state index in [4.69, 9.17) is 14.6 Å². The highest BCUT2D eigenvalue weighted by Crippen LogP contribution is 2.08. The topological polar surface area (TPSA) is 59.0 Å². The van der Waals surface area contributed by atoms with Crippen LogP contribution < -0.4 is 0 Å². The van der Waals surface area contributed by atoms with Gasteiger partial charge in [0.2, 0.25) is 5.91 Å². The summed E-state index contributed by atoms with van der Waals surface area (Å²) in [6, 6.07) is -0.187. The zero-order valence-corrected chi connectivity index (χ0v) is 8.44. The molecule has 1 fully saturated rings. The number of carbonyl (C=O) groups is 1. The van der Waals surface area contributed by atoms with E-state index in [2.05, 4.69) is 0 Å². The zero-order valence-electron chi connectivity index (χ0n) is 8.44. The molecule has 0 aromatic heterocycles. The van der Waals surface area contributed by atoms with Crippen molar-refractivity contribution in [2.24, 2.45) is 0 Å². The third-order valence-electron chi connectivity index (χ3n) is 2.28. The van der Waals surface area contributed by atoms with Crippen LogP contribution in [-0.2, 0) is 14.3 Å². The highest BCUT2D eigenvalue weighted by Gasteiger charge is 2.25. The summed E-state index contributed by atoms with van der Waals surface area (Å²) < 4.78 is 10.0. The molecule has 1 aliphatic rings. The maximum atomic E-state index is 11.6. The maximum Gasteiger partial charge on any atom is 0.225 e. The van der Waals surface area contributed by atoms with Crippen molar-refractivity contribution in [3.05, 3.63) is 0 Å². The number of ether oxygens (including phenoxy) is 2. The highest BCUT2D eigenvalue weighted by atomic mass is 16.5. The van der Waals surface area contributed by atoms with Crippen molar-refractivity contribution in [1.82, 2.24) is 4.90 Å². The Balaban J connectivity index is 2.41. The fourth-order valence-electron chi connectivity index (χ4n) is 1.47. The van der Waals surface area contributed by atoms with Gasteiger partial charge in [-0.2, -0.15) is 0 Å². The number of hydrogen-bond acceptors (Lipinski definition) is 4. The molecule has 0 bridgehead atoms. The van der Waals surface area contributed by atoms with Gasteiger partial charge in [0.05, 0.1) is 38.9 Å². The molecule has 1 unspecified atom stereocenters. The van der Waals surface area contributed by atoms with Gasteiger partial charge in [-0.25, -0.2) is 0 Å². The number of morpholine rings is 1. The van der Waals surface area contributed by atoms with Crippen LogP contribution >= 0.6 is 0 Å². The third kappa shape index (κ3) is 2.94. The average molecular weight is 203 g/mol. The summed E-state index contributed by atoms with van der Waals surface area (Å²) in [5, 5.41) is 9.03. The smallest absolute Gasteiger partial charge is 0.225 e. The predicted octanol–water partition coefficient (Wildman–Crippen LogP) is -0.757. The van der Waals surface area contributed by atoms with Crippen LogP contribution in [0.25, 0.3) is 0 Å². The molecule has 0 saturated carbocycles. The number of rotatable bonds is 4. The Morgan fingerprint density at radius 3 is 3.14 bits per heavy atom. The summed E-state index contributed by atoms with van der Waals surface area (Å²) in [6.45, 7) is 1.92. The van der Waals surface area contributed by atoms with Crippen molar-refractivity contribution in [1.29, 1.82) is 0 Å². The number of carbonyl (C=O) groups excluding carboxylic acids is 1. The average Bonchev–Trinajstić information content (AvgIpc) is 2.25. The normalized spacial score (nSPS) is 22.4. The minimum absolute atomic E-state index is 0.0224. The minimum Gasteiger partial charge on any atom is -0.394 e. The number of amides is 1. The molecule has 1 aliphatic heterocycles. The van der Waals surface area contributed by atoms with Crippen molar-refractivity contribution < 1.29 is 19.4 Å². The second-order valence-electron chi connectivity index (χ2n) is 3.24. The zero-order chi connectivity index (χ0) is 10.4. The van der Waals surface area contributed by atoms with Gasteiger partial charge < -0.3 is 19.5 Å². The maximum absolute atomic E-state index is 11.6. The van der Waals surface area contributed by atoms with Gasteiger partial charge in [-0.1, -0.05) is 0 Å². The summed E-state index contributed by atoms with van der Waals surface area (Å²) in [7, 11) is 1.57. The van der Waals surface area contributed by atoms with Gasteiger partial charge in [0, 0.05) is 13.7 Å². The van der Waals surface area contributed by atoms with E-state index in [0.717, 1.165) is 0 Å². The van der Waals surface area contributed by atoms with E-state index in [-0.39, 0.29) is 18.6 Å². The monoisotopic (exact) mass is 203 g/mol. The molecule has 14 heavy (non-hydrogen) atoms. The number of nitrogens with zero attached hydrogens (tertiary/aromatic N) is 1. The fraction of sp³-hybridized carbons (Fsp3) is 0.889. The molecule has 1 N–H and O–H groups in total. The molecule has 1 atom stereocenters. The lowest BCUT2D eigenvalue weighted by Gasteiger charge is -2.34. The molecule has 1 amide bonds. The van der Waals surface area contributed by atoms with Crippen molar-refractivity contribution in [3.63, 3.8) is 0 Å². The lowest BCUT2D eigenvalue weighted by atomic mass is 10.2. The Morgan fingerprint density at radius 1 is 1.71 bits per heavy atom. The second-order valence-corrected chi connectivity index (χ2v) is 3.24. The molecule has 0 aromatic rings. The Bertz CT molecular complexity index is 186. The van der Waals surface area contributed by atoms with E-state index in [9.17, 15) is 4.79 Å². The molecule has 1 rings (SSSR count). The number of aliphatic hydroxyl groups is 1. The van der Waals surface area contributed by atoms with Crippen LogP contribution in [0.5, 0.6) is 0 Å². The van der Waals surface area contributed by atoms with Gasteiger partial charge in [0.1, 0.15) is 0 Å². The molecule has 0 aliphatic carbocycles. The molecule has 1 saturated heterocycles. The van der Waals surface area contributed by atoms with Crippen LogP contribution in [0, 0.1) is 0 Å². The van der Waals surface area contributed by atoms with E-state index in [0.29, 0.717) is 32.8 Å². The van der Waals surface area contributed by atoms with Crippen LogP contribution in [0.3, 0.4) is 0 Å². The fourth-order valence-corrected chi connectivity index (χ4v) is 1.47. The molecule has 1 heterocycles. The molecule has 82 valence electrons. The highest BCUT2D eigenvalue weighted by molar-refractivity contribution is 5.76. The number of methoxy groups -OCH3 is 1. The van der Waals surface area contributed by atoms with Crippen LogP contribution in [0.2, 0.25) is 0 Å². The van der Waals surface area contributed by atoms with Crippen molar-refractivity contribution in [2.45, 2.75) is 12.5 Å². The lowest BCUT2D eigenvalue weighted by Crippen LogP contribution is -2.50. The summed E-state index contributed by atoms with van der Waals surface area (Å²) in [5.74, 6) is 0.0224. The summed E-state index contributed by atoms with van der Waals surface area (Å²) in [6.07, 6.45) is 0.368.